The van der Waals surface area contributed by atoms with E-state index in [1.165, 1.54) is 30.8 Å². The molecule has 1 aliphatic rings. The number of hydrogen-bond donors (Lipinski definition) is 2. The predicted molar refractivity (Wildman–Crippen MR) is 142 cm³/mol. The van der Waals surface area contributed by atoms with Crippen molar-refractivity contribution in [1.29, 1.82) is 0 Å². The van der Waals surface area contributed by atoms with Crippen molar-refractivity contribution in [1.82, 2.24) is 10.3 Å². The number of benzene rings is 2. The number of carbonyl (C=O) groups is 2. The number of anilines is 1. The van der Waals surface area contributed by atoms with E-state index in [0.717, 1.165) is 31.9 Å². The van der Waals surface area contributed by atoms with Gasteiger partial charge >= 0.3 is 0 Å². The molecule has 0 radical (unpaired) electrons. The molecule has 0 spiro atoms. The van der Waals surface area contributed by atoms with Gasteiger partial charge in [0.25, 0.3) is 11.8 Å². The van der Waals surface area contributed by atoms with Crippen LogP contribution in [0.25, 0.3) is 11.3 Å². The van der Waals surface area contributed by atoms with E-state index in [4.69, 9.17) is 23.2 Å². The molecule has 0 saturated heterocycles. The predicted octanol–water partition coefficient (Wildman–Crippen LogP) is 5.77. The summed E-state index contributed by atoms with van der Waals surface area (Å²) in [4.78, 5) is 29.8. The van der Waals surface area contributed by atoms with Gasteiger partial charge in [-0.25, -0.2) is 8.42 Å². The zero-order valence-electron chi connectivity index (χ0n) is 19.6. The summed E-state index contributed by atoms with van der Waals surface area (Å²) in [6.07, 6.45) is 8.05. The summed E-state index contributed by atoms with van der Waals surface area (Å²) >= 11 is 12.6. The molecule has 2 N–H and O–H groups in total. The average molecular weight is 546 g/mol. The molecule has 3 aromatic rings. The number of hydrogen-bond acceptors (Lipinski definition) is 5. The van der Waals surface area contributed by atoms with Crippen LogP contribution < -0.4 is 10.6 Å². The topological polar surface area (TPSA) is 105 Å². The highest BCUT2D eigenvalue weighted by Crippen LogP contribution is 2.30. The highest BCUT2D eigenvalue weighted by atomic mass is 35.5. The quantitative estimate of drug-likeness (QED) is 0.408. The third-order valence-corrected chi connectivity index (χ3v) is 7.83. The summed E-state index contributed by atoms with van der Waals surface area (Å²) < 4.78 is 23.4. The summed E-state index contributed by atoms with van der Waals surface area (Å²) in [5.41, 5.74) is 2.17. The summed E-state index contributed by atoms with van der Waals surface area (Å²) in [5.74, 6) is -0.650. The fraction of sp³-hybridized carbons (Fsp3) is 0.269. The third kappa shape index (κ3) is 6.24. The lowest BCUT2D eigenvalue weighted by molar-refractivity contribution is 0.0926. The SMILES string of the molecule is CS(=O)(=O)c1ccc(C(=O)Nc2ccc(Cl)c(-c3ccc(C(=O)NC4CCCCC4)cn3)c2)c(Cl)c1. The molecule has 1 saturated carbocycles. The minimum Gasteiger partial charge on any atom is -0.349 e. The first-order chi connectivity index (χ1) is 17.1. The van der Waals surface area contributed by atoms with E-state index in [2.05, 4.69) is 15.6 Å². The van der Waals surface area contributed by atoms with Crippen LogP contribution in [0.5, 0.6) is 0 Å². The number of amides is 2. The van der Waals surface area contributed by atoms with E-state index < -0.39 is 15.7 Å². The van der Waals surface area contributed by atoms with Gasteiger partial charge in [0.05, 0.1) is 31.8 Å². The first kappa shape index (κ1) is 26.1. The van der Waals surface area contributed by atoms with Gasteiger partial charge in [-0.2, -0.15) is 0 Å². The van der Waals surface area contributed by atoms with Gasteiger partial charge in [-0.05, 0) is 61.4 Å². The first-order valence-electron chi connectivity index (χ1n) is 11.5. The van der Waals surface area contributed by atoms with E-state index in [0.29, 0.717) is 27.5 Å². The second kappa shape index (κ2) is 11.0. The highest BCUT2D eigenvalue weighted by Gasteiger charge is 2.18. The summed E-state index contributed by atoms with van der Waals surface area (Å²) in [6, 6.07) is 12.5. The molecule has 1 aromatic heterocycles. The van der Waals surface area contributed by atoms with Crippen molar-refractivity contribution in [2.45, 2.75) is 43.0 Å². The van der Waals surface area contributed by atoms with Gasteiger partial charge in [-0.3, -0.25) is 14.6 Å². The van der Waals surface area contributed by atoms with Crippen molar-refractivity contribution in [3.05, 3.63) is 75.9 Å². The second-order valence-electron chi connectivity index (χ2n) is 8.80. The van der Waals surface area contributed by atoms with E-state index in [1.54, 1.807) is 30.3 Å². The number of nitrogens with one attached hydrogen (secondary N) is 2. The fourth-order valence-corrected chi connectivity index (χ4v) is 5.30. The van der Waals surface area contributed by atoms with Crippen LogP contribution in [0, 0.1) is 0 Å². The highest BCUT2D eigenvalue weighted by molar-refractivity contribution is 7.90. The van der Waals surface area contributed by atoms with Gasteiger partial charge in [-0.15, -0.1) is 0 Å². The van der Waals surface area contributed by atoms with Crippen molar-refractivity contribution in [3.63, 3.8) is 0 Å². The minimum absolute atomic E-state index is 0.0216. The van der Waals surface area contributed by atoms with Crippen molar-refractivity contribution >= 4 is 50.5 Å². The Balaban J connectivity index is 1.49. The maximum Gasteiger partial charge on any atom is 0.257 e. The summed E-state index contributed by atoms with van der Waals surface area (Å²) in [7, 11) is -3.45. The normalized spacial score (nSPS) is 14.3. The van der Waals surface area contributed by atoms with Gasteiger partial charge < -0.3 is 10.6 Å². The molecule has 1 heterocycles. The van der Waals surface area contributed by atoms with E-state index in [1.807, 2.05) is 0 Å². The molecule has 1 aliphatic carbocycles. The average Bonchev–Trinajstić information content (AvgIpc) is 2.85. The number of aromatic nitrogens is 1. The summed E-state index contributed by atoms with van der Waals surface area (Å²) in [6.45, 7) is 0. The first-order valence-corrected chi connectivity index (χ1v) is 14.1. The molecule has 10 heteroatoms. The molecule has 0 bridgehead atoms. The molecule has 0 aliphatic heterocycles. The van der Waals surface area contributed by atoms with Crippen LogP contribution in [0.2, 0.25) is 10.0 Å². The molecule has 0 unspecified atom stereocenters. The van der Waals surface area contributed by atoms with E-state index >= 15 is 0 Å². The molecular weight excluding hydrogens is 521 g/mol. The van der Waals surface area contributed by atoms with Crippen molar-refractivity contribution in [2.24, 2.45) is 0 Å². The van der Waals surface area contributed by atoms with Gasteiger partial charge in [0.2, 0.25) is 0 Å². The molecule has 4 rings (SSSR count). The Bertz CT molecular complexity index is 1400. The largest absolute Gasteiger partial charge is 0.349 e. The molecule has 188 valence electrons. The maximum atomic E-state index is 12.8. The number of carbonyl (C=O) groups excluding carboxylic acids is 2. The molecule has 2 aromatic carbocycles. The Morgan fingerprint density at radius 1 is 0.917 bits per heavy atom. The van der Waals surface area contributed by atoms with Crippen LogP contribution in [0.1, 0.15) is 52.8 Å². The van der Waals surface area contributed by atoms with E-state index in [-0.39, 0.29) is 27.4 Å². The van der Waals surface area contributed by atoms with Gasteiger partial charge in [0.15, 0.2) is 9.84 Å². The Morgan fingerprint density at radius 2 is 1.67 bits per heavy atom. The molecule has 7 nitrogen and oxygen atoms in total. The van der Waals surface area contributed by atoms with Gasteiger partial charge in [-0.1, -0.05) is 42.5 Å². The lowest BCUT2D eigenvalue weighted by Crippen LogP contribution is -2.36. The smallest absolute Gasteiger partial charge is 0.257 e. The zero-order chi connectivity index (χ0) is 25.9. The number of sulfone groups is 1. The van der Waals surface area contributed by atoms with Crippen LogP contribution in [0.15, 0.2) is 59.6 Å². The van der Waals surface area contributed by atoms with Crippen LogP contribution in [0.3, 0.4) is 0 Å². The zero-order valence-corrected chi connectivity index (χ0v) is 21.9. The van der Waals surface area contributed by atoms with Crippen molar-refractivity contribution in [3.8, 4) is 11.3 Å². The lowest BCUT2D eigenvalue weighted by atomic mass is 9.95. The molecular formula is C26H25Cl2N3O4S. The Hall–Kier alpha value is -2.94. The van der Waals surface area contributed by atoms with Crippen LogP contribution in [0.4, 0.5) is 5.69 Å². The van der Waals surface area contributed by atoms with Crippen molar-refractivity contribution < 1.29 is 18.0 Å². The number of nitrogens with zero attached hydrogens (tertiary/aromatic N) is 1. The number of pyridine rings is 1. The number of rotatable bonds is 6. The Kier molecular flexibility index (Phi) is 7.97. The molecule has 36 heavy (non-hydrogen) atoms. The fourth-order valence-electron chi connectivity index (χ4n) is 4.11. The third-order valence-electron chi connectivity index (χ3n) is 6.08. The Labute approximate surface area is 220 Å². The monoisotopic (exact) mass is 545 g/mol. The lowest BCUT2D eigenvalue weighted by Gasteiger charge is -2.22. The number of halogens is 2. The molecule has 2 amide bonds. The van der Waals surface area contributed by atoms with Gasteiger partial charge in [0, 0.05) is 29.7 Å². The van der Waals surface area contributed by atoms with E-state index in [9.17, 15) is 18.0 Å². The van der Waals surface area contributed by atoms with Crippen LogP contribution in [-0.2, 0) is 9.84 Å². The van der Waals surface area contributed by atoms with Crippen molar-refractivity contribution in [2.75, 3.05) is 11.6 Å². The second-order valence-corrected chi connectivity index (χ2v) is 11.6. The Morgan fingerprint density at radius 3 is 2.31 bits per heavy atom. The standard InChI is InChI=1S/C26H25Cl2N3O4S/c1-36(34,35)19-9-10-20(23(28)14-19)26(33)31-18-8-11-22(27)21(13-18)24-12-7-16(15-29-24)25(32)30-17-5-3-2-4-6-17/h7-15,17H,2-6H2,1H3,(H,30,32)(H,31,33). The summed E-state index contributed by atoms with van der Waals surface area (Å²) in [5, 5.41) is 6.27. The maximum absolute atomic E-state index is 12.8. The van der Waals surface area contributed by atoms with Crippen LogP contribution in [-0.4, -0.2) is 37.5 Å². The van der Waals surface area contributed by atoms with Crippen LogP contribution >= 0.6 is 23.2 Å². The molecule has 1 fully saturated rings. The van der Waals surface area contributed by atoms with Gasteiger partial charge in [0.1, 0.15) is 0 Å². The molecule has 0 atom stereocenters. The minimum atomic E-state index is -3.45.